The molecule has 3 rings (SSSR count). The van der Waals surface area contributed by atoms with Crippen molar-refractivity contribution in [1.29, 1.82) is 0 Å². The van der Waals surface area contributed by atoms with Crippen molar-refractivity contribution in [3.63, 3.8) is 0 Å². The molecule has 1 atom stereocenters. The van der Waals surface area contributed by atoms with Gasteiger partial charge in [0.2, 0.25) is 5.91 Å². The van der Waals surface area contributed by atoms with E-state index in [4.69, 9.17) is 4.74 Å². The first-order valence-corrected chi connectivity index (χ1v) is 7.77. The van der Waals surface area contributed by atoms with Gasteiger partial charge in [0.25, 0.3) is 0 Å². The van der Waals surface area contributed by atoms with Crippen molar-refractivity contribution < 1.29 is 13.9 Å². The van der Waals surface area contributed by atoms with E-state index in [1.54, 1.807) is 6.07 Å². The average Bonchev–Trinajstić information content (AvgIpc) is 3.09. The summed E-state index contributed by atoms with van der Waals surface area (Å²) in [5.74, 6) is 0.289. The summed E-state index contributed by atoms with van der Waals surface area (Å²) in [6.07, 6.45) is 0.933. The summed E-state index contributed by atoms with van der Waals surface area (Å²) in [5, 5.41) is 3.23. The normalized spacial score (nSPS) is 22.0. The highest BCUT2D eigenvalue weighted by molar-refractivity contribution is 5.79. The van der Waals surface area contributed by atoms with Crippen molar-refractivity contribution in [3.8, 4) is 5.75 Å². The molecule has 1 aromatic carbocycles. The van der Waals surface area contributed by atoms with Crippen LogP contribution in [0.3, 0.4) is 0 Å². The Morgan fingerprint density at radius 3 is 2.68 bits per heavy atom. The number of hydrogen-bond donors (Lipinski definition) is 1. The van der Waals surface area contributed by atoms with E-state index < -0.39 is 0 Å². The molecule has 0 aromatic heterocycles. The number of carbonyl (C=O) groups is 1. The van der Waals surface area contributed by atoms with Crippen LogP contribution >= 0.6 is 0 Å². The molecule has 2 fully saturated rings. The van der Waals surface area contributed by atoms with Crippen molar-refractivity contribution in [1.82, 2.24) is 10.2 Å². The second-order valence-corrected chi connectivity index (χ2v) is 5.82. The van der Waals surface area contributed by atoms with Crippen molar-refractivity contribution in [2.24, 2.45) is 5.92 Å². The lowest BCUT2D eigenvalue weighted by molar-refractivity contribution is -0.135. The maximum Gasteiger partial charge on any atom is 0.227 e. The molecule has 0 spiro atoms. The largest absolute Gasteiger partial charge is 0.494 e. The van der Waals surface area contributed by atoms with Crippen molar-refractivity contribution in [3.05, 3.63) is 24.0 Å². The van der Waals surface area contributed by atoms with Gasteiger partial charge in [0.1, 0.15) is 0 Å². The Morgan fingerprint density at radius 2 is 2.09 bits per heavy atom. The van der Waals surface area contributed by atoms with E-state index in [0.717, 1.165) is 38.3 Å². The number of ether oxygens (including phenoxy) is 1. The van der Waals surface area contributed by atoms with E-state index >= 15 is 0 Å². The summed E-state index contributed by atoms with van der Waals surface area (Å²) in [6, 6.07) is 5.00. The highest BCUT2D eigenvalue weighted by atomic mass is 19.1. The number of nitrogens with zero attached hydrogens (tertiary/aromatic N) is 2. The zero-order chi connectivity index (χ0) is 15.5. The Balaban J connectivity index is 1.59. The molecule has 1 amide bonds. The zero-order valence-corrected chi connectivity index (χ0v) is 12.8. The van der Waals surface area contributed by atoms with Gasteiger partial charge >= 0.3 is 0 Å². The van der Waals surface area contributed by atoms with Crippen LogP contribution in [0.25, 0.3) is 0 Å². The number of rotatable bonds is 3. The molecule has 2 aliphatic rings. The fourth-order valence-electron chi connectivity index (χ4n) is 3.16. The highest BCUT2D eigenvalue weighted by Crippen LogP contribution is 2.24. The van der Waals surface area contributed by atoms with Gasteiger partial charge in [0.05, 0.1) is 13.0 Å². The first-order chi connectivity index (χ1) is 10.7. The minimum Gasteiger partial charge on any atom is -0.494 e. The van der Waals surface area contributed by atoms with Gasteiger partial charge in [-0.1, -0.05) is 0 Å². The summed E-state index contributed by atoms with van der Waals surface area (Å²) in [5.41, 5.74) is 0.841. The number of carbonyl (C=O) groups excluding carboxylic acids is 1. The number of hydrogen-bond acceptors (Lipinski definition) is 4. The number of piperazine rings is 1. The van der Waals surface area contributed by atoms with Crippen LogP contribution in [-0.4, -0.2) is 57.2 Å². The van der Waals surface area contributed by atoms with Crippen LogP contribution in [-0.2, 0) is 4.79 Å². The maximum absolute atomic E-state index is 13.8. The average molecular weight is 307 g/mol. The number of anilines is 1. The van der Waals surface area contributed by atoms with Crippen LogP contribution in [0.4, 0.5) is 10.1 Å². The first-order valence-electron chi connectivity index (χ1n) is 7.77. The monoisotopic (exact) mass is 307 g/mol. The summed E-state index contributed by atoms with van der Waals surface area (Å²) in [6.45, 7) is 4.59. The number of methoxy groups -OCH3 is 1. The summed E-state index contributed by atoms with van der Waals surface area (Å²) < 4.78 is 18.7. The summed E-state index contributed by atoms with van der Waals surface area (Å²) in [4.78, 5) is 16.4. The minimum absolute atomic E-state index is 0.130. The third-order valence-electron chi connectivity index (χ3n) is 4.50. The molecule has 0 saturated carbocycles. The fourth-order valence-corrected chi connectivity index (χ4v) is 3.16. The Hall–Kier alpha value is -1.82. The Kier molecular flexibility index (Phi) is 4.47. The fraction of sp³-hybridized carbons (Fsp3) is 0.562. The lowest BCUT2D eigenvalue weighted by Crippen LogP contribution is -2.50. The Labute approximate surface area is 130 Å². The van der Waals surface area contributed by atoms with Gasteiger partial charge in [-0.05, 0) is 25.1 Å². The molecule has 120 valence electrons. The smallest absolute Gasteiger partial charge is 0.227 e. The number of nitrogens with one attached hydrogen (secondary N) is 1. The lowest BCUT2D eigenvalue weighted by atomic mass is 10.1. The quantitative estimate of drug-likeness (QED) is 0.908. The molecular formula is C16H22FN3O2. The first kappa shape index (κ1) is 15.1. The molecule has 2 aliphatic heterocycles. The van der Waals surface area contributed by atoms with Gasteiger partial charge in [-0.2, -0.15) is 0 Å². The highest BCUT2D eigenvalue weighted by Gasteiger charge is 2.29. The summed E-state index contributed by atoms with van der Waals surface area (Å²) >= 11 is 0. The summed E-state index contributed by atoms with van der Waals surface area (Å²) in [7, 11) is 1.46. The topological polar surface area (TPSA) is 44.8 Å². The molecule has 2 heterocycles. The van der Waals surface area contributed by atoms with Crippen molar-refractivity contribution >= 4 is 11.6 Å². The predicted molar refractivity (Wildman–Crippen MR) is 82.7 cm³/mol. The van der Waals surface area contributed by atoms with E-state index in [-0.39, 0.29) is 23.4 Å². The van der Waals surface area contributed by atoms with E-state index in [0.29, 0.717) is 13.1 Å². The molecule has 0 bridgehead atoms. The number of halogens is 1. The van der Waals surface area contributed by atoms with Crippen LogP contribution in [0, 0.1) is 11.7 Å². The van der Waals surface area contributed by atoms with Crippen LogP contribution in [0.15, 0.2) is 18.2 Å². The van der Waals surface area contributed by atoms with E-state index in [1.807, 2.05) is 11.0 Å². The molecule has 0 unspecified atom stereocenters. The number of benzene rings is 1. The van der Waals surface area contributed by atoms with Gasteiger partial charge in [-0.3, -0.25) is 4.79 Å². The third kappa shape index (κ3) is 3.02. The predicted octanol–water partition coefficient (Wildman–Crippen LogP) is 1.09. The molecular weight excluding hydrogens is 285 g/mol. The molecule has 0 radical (unpaired) electrons. The SMILES string of the molecule is COc1ccc(N2CCN(C(=O)[C@H]3CCNC3)CC2)cc1F. The Morgan fingerprint density at radius 1 is 1.32 bits per heavy atom. The molecule has 1 aromatic rings. The van der Waals surface area contributed by atoms with Crippen LogP contribution in [0.5, 0.6) is 5.75 Å². The second kappa shape index (κ2) is 6.52. The zero-order valence-electron chi connectivity index (χ0n) is 12.8. The molecule has 1 N–H and O–H groups in total. The van der Waals surface area contributed by atoms with E-state index in [1.165, 1.54) is 13.2 Å². The second-order valence-electron chi connectivity index (χ2n) is 5.82. The maximum atomic E-state index is 13.8. The van der Waals surface area contributed by atoms with Gasteiger partial charge in [-0.25, -0.2) is 4.39 Å². The van der Waals surface area contributed by atoms with Crippen molar-refractivity contribution in [2.75, 3.05) is 51.3 Å². The standard InChI is InChI=1S/C16H22FN3O2/c1-22-15-3-2-13(10-14(15)17)19-6-8-20(9-7-19)16(21)12-4-5-18-11-12/h2-3,10,12,18H,4-9,11H2,1H3/t12-/m0/s1. The molecule has 6 heteroatoms. The van der Waals surface area contributed by atoms with Gasteiger partial charge < -0.3 is 19.9 Å². The van der Waals surface area contributed by atoms with Gasteiger partial charge in [-0.15, -0.1) is 0 Å². The lowest BCUT2D eigenvalue weighted by Gasteiger charge is -2.37. The van der Waals surface area contributed by atoms with E-state index in [9.17, 15) is 9.18 Å². The number of amides is 1. The van der Waals surface area contributed by atoms with Crippen LogP contribution in [0.1, 0.15) is 6.42 Å². The van der Waals surface area contributed by atoms with Gasteiger partial charge in [0.15, 0.2) is 11.6 Å². The molecule has 2 saturated heterocycles. The van der Waals surface area contributed by atoms with Gasteiger partial charge in [0, 0.05) is 44.5 Å². The van der Waals surface area contributed by atoms with Crippen LogP contribution in [0.2, 0.25) is 0 Å². The molecule has 22 heavy (non-hydrogen) atoms. The Bertz CT molecular complexity index is 538. The van der Waals surface area contributed by atoms with Crippen LogP contribution < -0.4 is 15.0 Å². The molecule has 5 nitrogen and oxygen atoms in total. The van der Waals surface area contributed by atoms with Crippen molar-refractivity contribution in [2.45, 2.75) is 6.42 Å². The third-order valence-corrected chi connectivity index (χ3v) is 4.50. The molecule has 0 aliphatic carbocycles. The van der Waals surface area contributed by atoms with E-state index in [2.05, 4.69) is 10.2 Å². The minimum atomic E-state index is -0.351.